The number of hydrogen-bond donors (Lipinski definition) is 1. The van der Waals surface area contributed by atoms with Crippen molar-refractivity contribution in [2.45, 2.75) is 12.8 Å². The van der Waals surface area contributed by atoms with Gasteiger partial charge >= 0.3 is 6.03 Å². The highest BCUT2D eigenvalue weighted by Gasteiger charge is 2.30. The van der Waals surface area contributed by atoms with Gasteiger partial charge in [0, 0.05) is 30.3 Å². The molecule has 0 saturated carbocycles. The topological polar surface area (TPSA) is 93.9 Å². The molecule has 7 heteroatoms. The largest absolute Gasteiger partial charge is 0.497 e. The lowest BCUT2D eigenvalue weighted by molar-refractivity contribution is 0.0857. The number of ketones is 1. The van der Waals surface area contributed by atoms with Crippen LogP contribution in [0.2, 0.25) is 0 Å². The van der Waals surface area contributed by atoms with Gasteiger partial charge in [-0.3, -0.25) is 9.69 Å². The molecule has 1 fully saturated rings. The Morgan fingerprint density at radius 3 is 2.30 bits per heavy atom. The normalized spacial score (nSPS) is 14.1. The van der Waals surface area contributed by atoms with Crippen LogP contribution in [0.3, 0.4) is 0 Å². The van der Waals surface area contributed by atoms with E-state index in [1.807, 2.05) is 0 Å². The minimum absolute atomic E-state index is 0.0871. The SMILES string of the molecule is COc1ccc(C(=O)C2CCN(C(=O)N(CCO)c3ccc(C#N)cc3)CC2)cc1. The number of carbonyl (C=O) groups excluding carboxylic acids is 2. The van der Waals surface area contributed by atoms with Gasteiger partial charge in [0.05, 0.1) is 31.9 Å². The Bertz CT molecular complexity index is 911. The van der Waals surface area contributed by atoms with Crippen LogP contribution in [0.25, 0.3) is 0 Å². The highest BCUT2D eigenvalue weighted by Crippen LogP contribution is 2.25. The number of anilines is 1. The minimum Gasteiger partial charge on any atom is -0.497 e. The molecule has 7 nitrogen and oxygen atoms in total. The molecule has 0 atom stereocenters. The van der Waals surface area contributed by atoms with Gasteiger partial charge in [0.2, 0.25) is 0 Å². The maximum Gasteiger partial charge on any atom is 0.324 e. The minimum atomic E-state index is -0.205. The van der Waals surface area contributed by atoms with Crippen molar-refractivity contribution < 1.29 is 19.4 Å². The summed E-state index contributed by atoms with van der Waals surface area (Å²) >= 11 is 0. The Labute approximate surface area is 176 Å². The third-order valence-electron chi connectivity index (χ3n) is 5.37. The Balaban J connectivity index is 1.63. The number of likely N-dealkylation sites (tertiary alicyclic amines) is 1. The molecule has 1 aliphatic rings. The van der Waals surface area contributed by atoms with Crippen LogP contribution in [-0.2, 0) is 0 Å². The number of benzene rings is 2. The van der Waals surface area contributed by atoms with Gasteiger partial charge in [-0.25, -0.2) is 4.79 Å². The lowest BCUT2D eigenvalue weighted by Crippen LogP contribution is -2.48. The molecule has 2 amide bonds. The maximum absolute atomic E-state index is 13.0. The second kappa shape index (κ2) is 9.90. The molecule has 2 aromatic rings. The number of piperidine rings is 1. The van der Waals surface area contributed by atoms with E-state index in [1.165, 1.54) is 4.90 Å². The van der Waals surface area contributed by atoms with E-state index in [0.29, 0.717) is 48.5 Å². The molecule has 3 rings (SSSR count). The summed E-state index contributed by atoms with van der Waals surface area (Å²) in [5.41, 5.74) is 1.79. The standard InChI is InChI=1S/C23H25N3O4/c1-30-21-8-4-18(5-9-21)22(28)19-10-12-25(13-11-19)23(29)26(14-15-27)20-6-2-17(16-24)3-7-20/h2-9,19,27H,10-15H2,1H3. The zero-order valence-corrected chi connectivity index (χ0v) is 17.0. The Hall–Kier alpha value is -3.37. The molecule has 0 spiro atoms. The van der Waals surface area contributed by atoms with Gasteiger partial charge in [-0.15, -0.1) is 0 Å². The number of urea groups is 1. The van der Waals surface area contributed by atoms with Crippen LogP contribution in [0.1, 0.15) is 28.8 Å². The molecule has 0 aromatic heterocycles. The lowest BCUT2D eigenvalue weighted by Gasteiger charge is -2.35. The summed E-state index contributed by atoms with van der Waals surface area (Å²) in [4.78, 5) is 29.0. The third kappa shape index (κ3) is 4.78. The Morgan fingerprint density at radius 2 is 1.77 bits per heavy atom. The first-order chi connectivity index (χ1) is 14.6. The number of nitriles is 1. The summed E-state index contributed by atoms with van der Waals surface area (Å²) < 4.78 is 5.13. The fourth-order valence-electron chi connectivity index (χ4n) is 3.65. The van der Waals surface area contributed by atoms with Crippen LogP contribution in [-0.4, -0.2) is 55.2 Å². The van der Waals surface area contributed by atoms with E-state index in [2.05, 4.69) is 6.07 Å². The molecule has 1 heterocycles. The van der Waals surface area contributed by atoms with Gasteiger partial charge in [-0.05, 0) is 61.4 Å². The number of nitrogens with zero attached hydrogens (tertiary/aromatic N) is 3. The van der Waals surface area contributed by atoms with Crippen LogP contribution >= 0.6 is 0 Å². The van der Waals surface area contributed by atoms with Crippen molar-refractivity contribution in [1.82, 2.24) is 4.90 Å². The predicted molar refractivity (Wildman–Crippen MR) is 113 cm³/mol. The summed E-state index contributed by atoms with van der Waals surface area (Å²) in [5, 5.41) is 18.4. The van der Waals surface area contributed by atoms with Gasteiger partial charge in [-0.1, -0.05) is 0 Å². The van der Waals surface area contributed by atoms with E-state index in [4.69, 9.17) is 10.00 Å². The van der Waals surface area contributed by atoms with Crippen LogP contribution in [0.15, 0.2) is 48.5 Å². The van der Waals surface area contributed by atoms with Crippen LogP contribution in [0, 0.1) is 17.2 Å². The van der Waals surface area contributed by atoms with Crippen LogP contribution in [0.5, 0.6) is 5.75 Å². The highest BCUT2D eigenvalue weighted by atomic mass is 16.5. The first kappa shape index (κ1) is 21.3. The molecule has 0 aliphatic carbocycles. The van der Waals surface area contributed by atoms with Crippen LogP contribution in [0.4, 0.5) is 10.5 Å². The zero-order valence-electron chi connectivity index (χ0n) is 17.0. The highest BCUT2D eigenvalue weighted by molar-refractivity contribution is 5.98. The molecule has 1 N–H and O–H groups in total. The molecule has 30 heavy (non-hydrogen) atoms. The molecule has 1 saturated heterocycles. The molecule has 0 radical (unpaired) electrons. The van der Waals surface area contributed by atoms with E-state index in [1.54, 1.807) is 60.5 Å². The second-order valence-corrected chi connectivity index (χ2v) is 7.17. The molecule has 156 valence electrons. The first-order valence-electron chi connectivity index (χ1n) is 9.93. The number of Topliss-reactive ketones (excluding diaryl/α,β-unsaturated/α-hetero) is 1. The predicted octanol–water partition coefficient (Wildman–Crippen LogP) is 3.08. The van der Waals surface area contributed by atoms with Gasteiger partial charge < -0.3 is 14.7 Å². The van der Waals surface area contributed by atoms with E-state index < -0.39 is 0 Å². The fraction of sp³-hybridized carbons (Fsp3) is 0.348. The van der Waals surface area contributed by atoms with E-state index in [0.717, 1.165) is 0 Å². The average Bonchev–Trinajstić information content (AvgIpc) is 2.82. The van der Waals surface area contributed by atoms with Gasteiger partial charge in [0.25, 0.3) is 0 Å². The van der Waals surface area contributed by atoms with Crippen molar-refractivity contribution in [3.05, 3.63) is 59.7 Å². The number of amides is 2. The van der Waals surface area contributed by atoms with Gasteiger partial charge in [0.1, 0.15) is 5.75 Å². The Kier molecular flexibility index (Phi) is 7.04. The first-order valence-corrected chi connectivity index (χ1v) is 9.93. The molecule has 2 aromatic carbocycles. The molecule has 0 bridgehead atoms. The summed E-state index contributed by atoms with van der Waals surface area (Å²) in [6.45, 7) is 0.945. The number of rotatable bonds is 6. The number of carbonyl (C=O) groups is 2. The number of hydrogen-bond acceptors (Lipinski definition) is 5. The van der Waals surface area contributed by atoms with E-state index in [9.17, 15) is 14.7 Å². The lowest BCUT2D eigenvalue weighted by atomic mass is 9.89. The quantitative estimate of drug-likeness (QED) is 0.743. The second-order valence-electron chi connectivity index (χ2n) is 7.17. The van der Waals surface area contributed by atoms with E-state index in [-0.39, 0.29) is 30.9 Å². The summed E-state index contributed by atoms with van der Waals surface area (Å²) in [6.07, 6.45) is 1.19. The molecule has 1 aliphatic heterocycles. The van der Waals surface area contributed by atoms with Crippen molar-refractivity contribution in [3.8, 4) is 11.8 Å². The number of aliphatic hydroxyl groups excluding tert-OH is 1. The summed E-state index contributed by atoms with van der Waals surface area (Å²) in [6, 6.07) is 15.6. The monoisotopic (exact) mass is 407 g/mol. The van der Waals surface area contributed by atoms with E-state index >= 15 is 0 Å². The number of aliphatic hydroxyl groups is 1. The van der Waals surface area contributed by atoms with Crippen LogP contribution < -0.4 is 9.64 Å². The molecule has 0 unspecified atom stereocenters. The van der Waals surface area contributed by atoms with Crippen molar-refractivity contribution in [3.63, 3.8) is 0 Å². The van der Waals surface area contributed by atoms with Gasteiger partial charge in [-0.2, -0.15) is 5.26 Å². The van der Waals surface area contributed by atoms with Crippen molar-refractivity contribution in [1.29, 1.82) is 5.26 Å². The average molecular weight is 407 g/mol. The summed E-state index contributed by atoms with van der Waals surface area (Å²) in [7, 11) is 1.58. The zero-order chi connectivity index (χ0) is 21.5. The number of ether oxygens (including phenoxy) is 1. The van der Waals surface area contributed by atoms with Crippen molar-refractivity contribution in [2.75, 3.05) is 38.3 Å². The maximum atomic E-state index is 13.0. The molecular weight excluding hydrogens is 382 g/mol. The summed E-state index contributed by atoms with van der Waals surface area (Å²) in [5.74, 6) is 0.673. The van der Waals surface area contributed by atoms with Crippen molar-refractivity contribution >= 4 is 17.5 Å². The number of methoxy groups -OCH3 is 1. The van der Waals surface area contributed by atoms with Gasteiger partial charge in [0.15, 0.2) is 5.78 Å². The van der Waals surface area contributed by atoms with Crippen molar-refractivity contribution in [2.24, 2.45) is 5.92 Å². The fourth-order valence-corrected chi connectivity index (χ4v) is 3.65. The smallest absolute Gasteiger partial charge is 0.324 e. The Morgan fingerprint density at radius 1 is 1.13 bits per heavy atom. The third-order valence-corrected chi connectivity index (χ3v) is 5.37. The molecular formula is C23H25N3O4.